The number of nitriles is 1. The van der Waals surface area contributed by atoms with E-state index in [1.165, 1.54) is 4.90 Å². The molecule has 5 nitrogen and oxygen atoms in total. The highest BCUT2D eigenvalue weighted by Gasteiger charge is 2.72. The molecule has 3 atom stereocenters. The summed E-state index contributed by atoms with van der Waals surface area (Å²) in [4.78, 5) is 25.5. The lowest BCUT2D eigenvalue weighted by Gasteiger charge is -2.23. The van der Waals surface area contributed by atoms with E-state index < -0.39 is 6.04 Å². The Morgan fingerprint density at radius 1 is 1.39 bits per heavy atom. The molecule has 1 aliphatic heterocycles. The smallest absolute Gasteiger partial charge is 0.233 e. The monoisotopic (exact) mass is 247 g/mol. The van der Waals surface area contributed by atoms with Crippen molar-refractivity contribution in [1.82, 2.24) is 10.2 Å². The van der Waals surface area contributed by atoms with E-state index in [2.05, 4.69) is 11.4 Å². The van der Waals surface area contributed by atoms with Crippen molar-refractivity contribution >= 4 is 11.8 Å². The third kappa shape index (κ3) is 1.56. The number of hydrogen-bond acceptors (Lipinski definition) is 4. The second-order valence-electron chi connectivity index (χ2n) is 6.19. The van der Waals surface area contributed by atoms with Gasteiger partial charge in [0.1, 0.15) is 6.04 Å². The van der Waals surface area contributed by atoms with Crippen LogP contribution in [0.1, 0.15) is 26.7 Å². The van der Waals surface area contributed by atoms with Gasteiger partial charge in [-0.1, -0.05) is 13.8 Å². The van der Waals surface area contributed by atoms with E-state index in [0.717, 1.165) is 12.8 Å². The number of hydrogen-bond donors (Lipinski definition) is 1. The highest BCUT2D eigenvalue weighted by atomic mass is 16.2. The fourth-order valence-electron chi connectivity index (χ4n) is 3.03. The van der Waals surface area contributed by atoms with Gasteiger partial charge in [0.2, 0.25) is 11.8 Å². The summed E-state index contributed by atoms with van der Waals surface area (Å²) in [6.45, 7) is 4.12. The van der Waals surface area contributed by atoms with Crippen LogP contribution < -0.4 is 5.32 Å². The zero-order valence-electron chi connectivity index (χ0n) is 10.6. The van der Waals surface area contributed by atoms with Crippen LogP contribution in [0.2, 0.25) is 0 Å². The SMILES string of the molecule is CC1(C)C2C(=O)N(CC(C#N)NC3CC3)C(=O)C21. The average Bonchev–Trinajstić information content (AvgIpc) is 3.17. The number of carbonyl (C=O) groups excluding carboxylic acids is 2. The van der Waals surface area contributed by atoms with Gasteiger partial charge < -0.3 is 0 Å². The van der Waals surface area contributed by atoms with Gasteiger partial charge in [0.05, 0.1) is 24.4 Å². The molecule has 0 spiro atoms. The highest BCUT2D eigenvalue weighted by Crippen LogP contribution is 2.63. The molecule has 3 aliphatic rings. The van der Waals surface area contributed by atoms with Gasteiger partial charge in [-0.25, -0.2) is 0 Å². The van der Waals surface area contributed by atoms with Gasteiger partial charge in [-0.15, -0.1) is 0 Å². The van der Waals surface area contributed by atoms with Crippen molar-refractivity contribution in [3.05, 3.63) is 0 Å². The van der Waals surface area contributed by atoms with Gasteiger partial charge in [0.25, 0.3) is 0 Å². The maximum absolute atomic E-state index is 12.1. The fourth-order valence-corrected chi connectivity index (χ4v) is 3.03. The van der Waals surface area contributed by atoms with Crippen LogP contribution >= 0.6 is 0 Å². The van der Waals surface area contributed by atoms with Crippen molar-refractivity contribution < 1.29 is 9.59 Å². The zero-order valence-corrected chi connectivity index (χ0v) is 10.6. The van der Waals surface area contributed by atoms with Crippen molar-refractivity contribution in [2.75, 3.05) is 6.54 Å². The second kappa shape index (κ2) is 3.55. The van der Waals surface area contributed by atoms with Crippen LogP contribution in [-0.4, -0.2) is 35.3 Å². The van der Waals surface area contributed by atoms with E-state index in [4.69, 9.17) is 5.26 Å². The minimum absolute atomic E-state index is 0.0900. The number of imide groups is 1. The molecule has 3 fully saturated rings. The number of fused-ring (bicyclic) bond motifs is 1. The lowest BCUT2D eigenvalue weighted by molar-refractivity contribution is -0.143. The Morgan fingerprint density at radius 3 is 2.39 bits per heavy atom. The molecular formula is C13H17N3O2. The predicted molar refractivity (Wildman–Crippen MR) is 63.0 cm³/mol. The third-order valence-corrected chi connectivity index (χ3v) is 4.43. The topological polar surface area (TPSA) is 73.2 Å². The van der Waals surface area contributed by atoms with Crippen LogP contribution in [0.5, 0.6) is 0 Å². The Labute approximate surface area is 106 Å². The number of carbonyl (C=O) groups is 2. The first-order valence-corrected chi connectivity index (χ1v) is 6.47. The molecule has 96 valence electrons. The summed E-state index contributed by atoms with van der Waals surface area (Å²) in [5.74, 6) is -0.476. The third-order valence-electron chi connectivity index (χ3n) is 4.43. The van der Waals surface area contributed by atoms with E-state index in [1.807, 2.05) is 13.8 Å². The molecule has 2 aliphatic carbocycles. The predicted octanol–water partition coefficient (Wildman–Crippen LogP) is 0.272. The second-order valence-corrected chi connectivity index (χ2v) is 6.19. The molecule has 0 aromatic rings. The number of amides is 2. The van der Waals surface area contributed by atoms with Crippen LogP contribution in [0.4, 0.5) is 0 Å². The van der Waals surface area contributed by atoms with Gasteiger partial charge in [-0.05, 0) is 18.3 Å². The van der Waals surface area contributed by atoms with Crippen LogP contribution in [0.25, 0.3) is 0 Å². The van der Waals surface area contributed by atoms with Gasteiger partial charge in [0, 0.05) is 6.04 Å². The normalized spacial score (nSPS) is 34.2. The number of nitrogens with zero attached hydrogens (tertiary/aromatic N) is 2. The number of likely N-dealkylation sites (tertiary alicyclic amines) is 1. The average molecular weight is 247 g/mol. The number of piperidine rings is 1. The zero-order chi connectivity index (χ0) is 13.1. The van der Waals surface area contributed by atoms with Crippen molar-refractivity contribution in [2.24, 2.45) is 17.3 Å². The first-order chi connectivity index (χ1) is 8.46. The van der Waals surface area contributed by atoms with E-state index >= 15 is 0 Å². The standard InChI is InChI=1S/C13H17N3O2/c1-13(2)9-10(13)12(18)16(11(9)17)6-8(5-14)15-7-3-4-7/h7-10,15H,3-4,6H2,1-2H3. The molecule has 1 heterocycles. The maximum Gasteiger partial charge on any atom is 0.233 e. The summed E-state index contributed by atoms with van der Waals surface area (Å²) in [5.41, 5.74) is -0.170. The van der Waals surface area contributed by atoms with Crippen LogP contribution in [0.15, 0.2) is 0 Å². The molecular weight excluding hydrogens is 230 g/mol. The van der Waals surface area contributed by atoms with Crippen molar-refractivity contribution in [1.29, 1.82) is 5.26 Å². The molecule has 1 N–H and O–H groups in total. The van der Waals surface area contributed by atoms with Crippen LogP contribution in [0, 0.1) is 28.6 Å². The first kappa shape index (κ1) is 11.7. The Bertz CT molecular complexity index is 437. The minimum atomic E-state index is -0.425. The Hall–Kier alpha value is -1.41. The largest absolute Gasteiger partial charge is 0.298 e. The van der Waals surface area contributed by atoms with Crippen molar-refractivity contribution in [2.45, 2.75) is 38.8 Å². The Morgan fingerprint density at radius 2 is 1.94 bits per heavy atom. The molecule has 0 aromatic carbocycles. The summed E-state index contributed by atoms with van der Waals surface area (Å²) >= 11 is 0. The maximum atomic E-state index is 12.1. The molecule has 3 unspecified atom stereocenters. The van der Waals surface area contributed by atoms with Crippen molar-refractivity contribution in [3.8, 4) is 6.07 Å². The van der Waals surface area contributed by atoms with Crippen LogP contribution in [-0.2, 0) is 9.59 Å². The van der Waals surface area contributed by atoms with E-state index in [0.29, 0.717) is 6.04 Å². The molecule has 18 heavy (non-hydrogen) atoms. The van der Waals surface area contributed by atoms with Gasteiger partial charge in [-0.3, -0.25) is 19.8 Å². The summed E-state index contributed by atoms with van der Waals surface area (Å²) in [5, 5.41) is 12.2. The quantitative estimate of drug-likeness (QED) is 0.724. The molecule has 0 bridgehead atoms. The first-order valence-electron chi connectivity index (χ1n) is 6.47. The lowest BCUT2D eigenvalue weighted by Crippen LogP contribution is -2.46. The van der Waals surface area contributed by atoms with Crippen LogP contribution in [0.3, 0.4) is 0 Å². The molecule has 1 saturated heterocycles. The minimum Gasteiger partial charge on any atom is -0.298 e. The van der Waals surface area contributed by atoms with Gasteiger partial charge in [-0.2, -0.15) is 5.26 Å². The van der Waals surface area contributed by atoms with E-state index in [1.54, 1.807) is 0 Å². The molecule has 0 aromatic heterocycles. The molecule has 2 saturated carbocycles. The summed E-state index contributed by atoms with van der Waals surface area (Å²) in [6.07, 6.45) is 2.16. The Kier molecular flexibility index (Phi) is 2.30. The summed E-state index contributed by atoms with van der Waals surface area (Å²) < 4.78 is 0. The van der Waals surface area contributed by atoms with Gasteiger partial charge in [0.15, 0.2) is 0 Å². The number of nitrogens with one attached hydrogen (secondary N) is 1. The Balaban J connectivity index is 1.66. The summed E-state index contributed by atoms with van der Waals surface area (Å²) in [7, 11) is 0. The van der Waals surface area contributed by atoms with E-state index in [9.17, 15) is 9.59 Å². The molecule has 2 amide bonds. The highest BCUT2D eigenvalue weighted by molar-refractivity contribution is 6.10. The molecule has 0 radical (unpaired) electrons. The van der Waals surface area contributed by atoms with Crippen molar-refractivity contribution in [3.63, 3.8) is 0 Å². The van der Waals surface area contributed by atoms with Gasteiger partial charge >= 0.3 is 0 Å². The van der Waals surface area contributed by atoms with E-state index in [-0.39, 0.29) is 35.6 Å². The molecule has 5 heteroatoms. The number of rotatable bonds is 4. The lowest BCUT2D eigenvalue weighted by atomic mass is 10.1. The molecule has 3 rings (SSSR count). The summed E-state index contributed by atoms with van der Waals surface area (Å²) in [6, 6.07) is 2.11. The fraction of sp³-hybridized carbons (Fsp3) is 0.769.